The van der Waals surface area contributed by atoms with Gasteiger partial charge in [-0.3, -0.25) is 4.79 Å². The van der Waals surface area contributed by atoms with Crippen LogP contribution in [0.4, 0.5) is 0 Å². The minimum atomic E-state index is -1.79. The second-order valence-electron chi connectivity index (χ2n) is 19.0. The van der Waals surface area contributed by atoms with Crippen LogP contribution in [-0.4, -0.2) is 140 Å². The Morgan fingerprint density at radius 3 is 1.49 bits per heavy atom. The Hall–Kier alpha value is -2.83. The van der Waals surface area contributed by atoms with Crippen LogP contribution < -0.4 is 5.32 Å². The van der Waals surface area contributed by atoms with Gasteiger partial charge in [0.2, 0.25) is 5.91 Å². The van der Waals surface area contributed by atoms with Gasteiger partial charge in [-0.25, -0.2) is 0 Å². The molecule has 1 amide bonds. The van der Waals surface area contributed by atoms with Gasteiger partial charge in [0.1, 0.15) is 48.8 Å². The van der Waals surface area contributed by atoms with Crippen LogP contribution in [0, 0.1) is 0 Å². The van der Waals surface area contributed by atoms with Crippen molar-refractivity contribution in [2.24, 2.45) is 0 Å². The molecule has 0 bridgehead atoms. The van der Waals surface area contributed by atoms with Gasteiger partial charge >= 0.3 is 0 Å². The Morgan fingerprint density at radius 1 is 0.521 bits per heavy atom. The minimum Gasteiger partial charge on any atom is -0.394 e. The topological polar surface area (TPSA) is 228 Å². The van der Waals surface area contributed by atoms with Crippen molar-refractivity contribution in [2.45, 2.75) is 248 Å². The van der Waals surface area contributed by atoms with E-state index in [4.69, 9.17) is 18.9 Å². The van der Waals surface area contributed by atoms with E-state index in [1.165, 1.54) is 64.2 Å². The summed E-state index contributed by atoms with van der Waals surface area (Å²) in [6.45, 7) is 2.64. The average molecular weight is 1000 g/mol. The Labute approximate surface area is 427 Å². The number of rotatable bonds is 41. The van der Waals surface area contributed by atoms with Crippen molar-refractivity contribution in [3.05, 3.63) is 85.1 Å². The Balaban J connectivity index is 1.82. The molecule has 12 atom stereocenters. The van der Waals surface area contributed by atoms with Crippen LogP contribution in [-0.2, 0) is 23.7 Å². The largest absolute Gasteiger partial charge is 0.394 e. The highest BCUT2D eigenvalue weighted by molar-refractivity contribution is 5.76. The van der Waals surface area contributed by atoms with Crippen molar-refractivity contribution in [1.29, 1.82) is 0 Å². The molecule has 0 aliphatic carbocycles. The fourth-order valence-corrected chi connectivity index (χ4v) is 8.41. The summed E-state index contributed by atoms with van der Waals surface area (Å²) >= 11 is 0. The summed E-state index contributed by atoms with van der Waals surface area (Å²) < 4.78 is 22.7. The molecule has 2 saturated heterocycles. The lowest BCUT2D eigenvalue weighted by molar-refractivity contribution is -0.359. The van der Waals surface area contributed by atoms with Crippen LogP contribution in [0.25, 0.3) is 0 Å². The number of hydrogen-bond donors (Lipinski definition) is 9. The zero-order chi connectivity index (χ0) is 51.7. The van der Waals surface area contributed by atoms with E-state index in [1.807, 2.05) is 6.08 Å². The number of hydrogen-bond acceptors (Lipinski definition) is 13. The Morgan fingerprint density at radius 2 is 0.972 bits per heavy atom. The Kier molecular flexibility index (Phi) is 38.5. The van der Waals surface area contributed by atoms with Crippen LogP contribution in [0.5, 0.6) is 0 Å². The molecule has 71 heavy (non-hydrogen) atoms. The number of nitrogens with one attached hydrogen (secondary N) is 1. The van der Waals surface area contributed by atoms with Gasteiger partial charge in [-0.1, -0.05) is 182 Å². The van der Waals surface area contributed by atoms with Gasteiger partial charge in [-0.2, -0.15) is 0 Å². The second-order valence-corrected chi connectivity index (χ2v) is 19.0. The van der Waals surface area contributed by atoms with Crippen molar-refractivity contribution >= 4 is 5.91 Å². The van der Waals surface area contributed by atoms with Crippen LogP contribution in [0.1, 0.15) is 174 Å². The number of allylic oxidation sites excluding steroid dienone is 13. The lowest BCUT2D eigenvalue weighted by Crippen LogP contribution is -2.65. The maximum absolute atomic E-state index is 13.2. The molecule has 9 N–H and O–H groups in total. The molecular weight excluding hydrogens is 907 g/mol. The number of carbonyl (C=O) groups excluding carboxylic acids is 1. The van der Waals surface area contributed by atoms with E-state index in [2.05, 4.69) is 92.1 Å². The Bertz CT molecular complexity index is 1510. The SMILES string of the molecule is CC/C=C\C/C=C\C/C=C\C/C=C\C/C=C\C/C=C\CCCCCCC(=O)NC(COC1OC(CO)C(OC2OC(CO)C(O)C(O)C2O)C(O)C1O)C(O)/C=C/CCCCCCCCCCCCCC. The molecule has 14 heteroatoms. The summed E-state index contributed by atoms with van der Waals surface area (Å²) in [7, 11) is 0. The zero-order valence-corrected chi connectivity index (χ0v) is 43.4. The summed E-state index contributed by atoms with van der Waals surface area (Å²) in [5, 5.41) is 86.9. The van der Waals surface area contributed by atoms with E-state index in [-0.39, 0.29) is 18.9 Å². The molecule has 2 fully saturated rings. The molecule has 12 unspecified atom stereocenters. The zero-order valence-electron chi connectivity index (χ0n) is 43.4. The first kappa shape index (κ1) is 64.3. The molecule has 0 aromatic carbocycles. The maximum atomic E-state index is 13.2. The first-order valence-electron chi connectivity index (χ1n) is 27.3. The third-order valence-corrected chi connectivity index (χ3v) is 12.8. The van der Waals surface area contributed by atoms with Gasteiger partial charge in [0.05, 0.1) is 32.0 Å². The van der Waals surface area contributed by atoms with Gasteiger partial charge in [-0.05, 0) is 70.6 Å². The summed E-state index contributed by atoms with van der Waals surface area (Å²) in [4.78, 5) is 13.2. The maximum Gasteiger partial charge on any atom is 0.220 e. The highest BCUT2D eigenvalue weighted by atomic mass is 16.7. The molecule has 0 radical (unpaired) electrons. The summed E-state index contributed by atoms with van der Waals surface area (Å²) in [5.41, 5.74) is 0. The van der Waals surface area contributed by atoms with E-state index >= 15 is 0 Å². The van der Waals surface area contributed by atoms with Crippen LogP contribution in [0.15, 0.2) is 85.1 Å². The summed E-state index contributed by atoms with van der Waals surface area (Å²) in [5.74, 6) is -0.268. The van der Waals surface area contributed by atoms with Crippen LogP contribution in [0.2, 0.25) is 0 Å². The van der Waals surface area contributed by atoms with Crippen molar-refractivity contribution in [3.63, 3.8) is 0 Å². The predicted octanol–water partition coefficient (Wildman–Crippen LogP) is 8.16. The molecule has 2 heterocycles. The second kappa shape index (κ2) is 42.5. The highest BCUT2D eigenvalue weighted by Crippen LogP contribution is 2.30. The molecule has 14 nitrogen and oxygen atoms in total. The molecule has 0 aromatic heterocycles. The number of unbranched alkanes of at least 4 members (excludes halogenated alkanes) is 16. The van der Waals surface area contributed by atoms with Crippen LogP contribution >= 0.6 is 0 Å². The van der Waals surface area contributed by atoms with Gasteiger partial charge in [0.15, 0.2) is 12.6 Å². The van der Waals surface area contributed by atoms with Gasteiger partial charge < -0.3 is 65.1 Å². The number of aliphatic hydroxyl groups is 8. The third kappa shape index (κ3) is 29.0. The van der Waals surface area contributed by atoms with Crippen LogP contribution in [0.3, 0.4) is 0 Å². The van der Waals surface area contributed by atoms with E-state index in [0.29, 0.717) is 6.42 Å². The molecular formula is C57H97NO13. The number of carbonyl (C=O) groups is 1. The van der Waals surface area contributed by atoms with Crippen molar-refractivity contribution in [1.82, 2.24) is 5.32 Å². The number of amides is 1. The number of aliphatic hydroxyl groups excluding tert-OH is 8. The predicted molar refractivity (Wildman–Crippen MR) is 281 cm³/mol. The van der Waals surface area contributed by atoms with Gasteiger partial charge in [0.25, 0.3) is 0 Å². The third-order valence-electron chi connectivity index (χ3n) is 12.8. The van der Waals surface area contributed by atoms with E-state index in [1.54, 1.807) is 6.08 Å². The normalized spacial score (nSPS) is 26.5. The first-order valence-corrected chi connectivity index (χ1v) is 27.3. The molecule has 0 aromatic rings. The van der Waals surface area contributed by atoms with E-state index in [9.17, 15) is 45.6 Å². The highest BCUT2D eigenvalue weighted by Gasteiger charge is 2.51. The molecule has 0 spiro atoms. The first-order chi connectivity index (χ1) is 34.6. The van der Waals surface area contributed by atoms with Gasteiger partial charge in [0, 0.05) is 6.42 Å². The van der Waals surface area contributed by atoms with Crippen molar-refractivity contribution < 1.29 is 64.6 Å². The minimum absolute atomic E-state index is 0.247. The lowest BCUT2D eigenvalue weighted by atomic mass is 9.97. The average Bonchev–Trinajstić information content (AvgIpc) is 3.37. The fourth-order valence-electron chi connectivity index (χ4n) is 8.41. The van der Waals surface area contributed by atoms with Crippen molar-refractivity contribution in [3.8, 4) is 0 Å². The molecule has 0 saturated carbocycles. The number of ether oxygens (including phenoxy) is 4. The van der Waals surface area contributed by atoms with E-state index < -0.39 is 86.8 Å². The quantitative estimate of drug-likeness (QED) is 0.0208. The van der Waals surface area contributed by atoms with Crippen molar-refractivity contribution in [2.75, 3.05) is 19.8 Å². The summed E-state index contributed by atoms with van der Waals surface area (Å²) in [6.07, 6.45) is 39.0. The smallest absolute Gasteiger partial charge is 0.220 e. The van der Waals surface area contributed by atoms with Gasteiger partial charge in [-0.15, -0.1) is 0 Å². The monoisotopic (exact) mass is 1000 g/mol. The molecule has 2 aliphatic heterocycles. The molecule has 2 rings (SSSR count). The van der Waals surface area contributed by atoms with E-state index in [0.717, 1.165) is 83.5 Å². The molecule has 2 aliphatic rings. The summed E-state index contributed by atoms with van der Waals surface area (Å²) in [6, 6.07) is -0.933. The standard InChI is InChI=1S/C57H97NO13/c1-3-5-7-9-11-13-15-17-19-20-21-22-23-24-25-26-27-29-31-33-35-37-39-41-49(62)58-45(46(61)40-38-36-34-32-30-28-18-16-14-12-10-8-6-4-2)44-68-56-54(67)52(65)55(48(43-60)70-56)71-57-53(66)51(64)50(63)47(42-59)69-57/h5,7,11,13,17,19,21-22,24-25,27,29,38,40,45-48,50-57,59-61,63-67H,3-4,6,8-10,12,14-16,18,20,23,26,28,30-37,39,41-44H2,1-2H3,(H,58,62)/b7-5-,13-11-,19-17-,22-21-,25-24-,29-27-,40-38+. The molecule has 408 valence electrons. The lowest BCUT2D eigenvalue weighted by Gasteiger charge is -2.46. The fraction of sp³-hybridized carbons (Fsp3) is 0.737.